The standard InChI is InChI=1S/C12H18O2/c1-10(13)8-9-12(2,14)11-6-4-3-5-7-11/h3-7,10,13-14H,8-9H2,1-2H3. The second-order valence-electron chi connectivity index (χ2n) is 4.03. The Bertz CT molecular complexity index is 265. The highest BCUT2D eigenvalue weighted by Gasteiger charge is 2.22. The van der Waals surface area contributed by atoms with Gasteiger partial charge in [0.05, 0.1) is 11.7 Å². The molecule has 2 atom stereocenters. The van der Waals surface area contributed by atoms with Crippen LogP contribution < -0.4 is 0 Å². The monoisotopic (exact) mass is 194 g/mol. The largest absolute Gasteiger partial charge is 0.393 e. The number of hydrogen-bond donors (Lipinski definition) is 2. The average molecular weight is 194 g/mol. The number of aliphatic hydroxyl groups excluding tert-OH is 1. The lowest BCUT2D eigenvalue weighted by Crippen LogP contribution is -2.22. The Balaban J connectivity index is 2.66. The maximum absolute atomic E-state index is 10.1. The molecule has 2 unspecified atom stereocenters. The average Bonchev–Trinajstić information content (AvgIpc) is 2.16. The van der Waals surface area contributed by atoms with Crippen LogP contribution in [0.3, 0.4) is 0 Å². The first-order chi connectivity index (χ1) is 6.52. The van der Waals surface area contributed by atoms with Gasteiger partial charge in [-0.25, -0.2) is 0 Å². The molecule has 0 aliphatic rings. The van der Waals surface area contributed by atoms with E-state index in [2.05, 4.69) is 0 Å². The SMILES string of the molecule is CC(O)CCC(C)(O)c1ccccc1. The van der Waals surface area contributed by atoms with E-state index in [4.69, 9.17) is 5.11 Å². The molecular formula is C12H18O2. The second-order valence-corrected chi connectivity index (χ2v) is 4.03. The van der Waals surface area contributed by atoms with Gasteiger partial charge < -0.3 is 10.2 Å². The van der Waals surface area contributed by atoms with Crippen LogP contribution in [0.2, 0.25) is 0 Å². The Morgan fingerprint density at radius 3 is 2.36 bits per heavy atom. The van der Waals surface area contributed by atoms with Gasteiger partial charge in [-0.3, -0.25) is 0 Å². The summed E-state index contributed by atoms with van der Waals surface area (Å²) in [6.07, 6.45) is 0.835. The summed E-state index contributed by atoms with van der Waals surface area (Å²) < 4.78 is 0. The molecule has 0 aliphatic heterocycles. The Morgan fingerprint density at radius 1 is 1.29 bits per heavy atom. The lowest BCUT2D eigenvalue weighted by Gasteiger charge is -2.24. The minimum absolute atomic E-state index is 0.356. The van der Waals surface area contributed by atoms with Crippen LogP contribution in [0.4, 0.5) is 0 Å². The highest BCUT2D eigenvalue weighted by molar-refractivity contribution is 5.21. The van der Waals surface area contributed by atoms with E-state index >= 15 is 0 Å². The third-order valence-corrected chi connectivity index (χ3v) is 2.44. The van der Waals surface area contributed by atoms with Crippen molar-refractivity contribution < 1.29 is 10.2 Å². The lowest BCUT2D eigenvalue weighted by atomic mass is 9.90. The van der Waals surface area contributed by atoms with E-state index in [0.717, 1.165) is 5.56 Å². The summed E-state index contributed by atoms with van der Waals surface area (Å²) in [6, 6.07) is 9.55. The predicted molar refractivity (Wildman–Crippen MR) is 56.9 cm³/mol. The minimum atomic E-state index is -0.835. The van der Waals surface area contributed by atoms with E-state index in [1.54, 1.807) is 13.8 Å². The van der Waals surface area contributed by atoms with Gasteiger partial charge in [-0.2, -0.15) is 0 Å². The van der Waals surface area contributed by atoms with Gasteiger partial charge in [-0.05, 0) is 32.3 Å². The fourth-order valence-electron chi connectivity index (χ4n) is 1.43. The maximum Gasteiger partial charge on any atom is 0.0869 e. The van der Waals surface area contributed by atoms with Crippen molar-refractivity contribution in [2.24, 2.45) is 0 Å². The van der Waals surface area contributed by atoms with E-state index in [-0.39, 0.29) is 6.10 Å². The third-order valence-electron chi connectivity index (χ3n) is 2.44. The number of aliphatic hydroxyl groups is 2. The van der Waals surface area contributed by atoms with Crippen LogP contribution in [0.25, 0.3) is 0 Å². The van der Waals surface area contributed by atoms with Gasteiger partial charge in [-0.1, -0.05) is 30.3 Å². The van der Waals surface area contributed by atoms with Gasteiger partial charge in [0.15, 0.2) is 0 Å². The fourth-order valence-corrected chi connectivity index (χ4v) is 1.43. The molecule has 0 aromatic heterocycles. The molecule has 2 heteroatoms. The molecule has 0 fully saturated rings. The first-order valence-electron chi connectivity index (χ1n) is 4.98. The first-order valence-corrected chi connectivity index (χ1v) is 4.98. The van der Waals surface area contributed by atoms with Crippen molar-refractivity contribution in [2.75, 3.05) is 0 Å². The van der Waals surface area contributed by atoms with Gasteiger partial charge in [0, 0.05) is 0 Å². The topological polar surface area (TPSA) is 40.5 Å². The first kappa shape index (κ1) is 11.2. The van der Waals surface area contributed by atoms with Crippen LogP contribution in [0.5, 0.6) is 0 Å². The zero-order valence-electron chi connectivity index (χ0n) is 8.77. The molecule has 14 heavy (non-hydrogen) atoms. The van der Waals surface area contributed by atoms with E-state index in [9.17, 15) is 5.11 Å². The molecule has 1 rings (SSSR count). The van der Waals surface area contributed by atoms with Gasteiger partial charge >= 0.3 is 0 Å². The second kappa shape index (κ2) is 4.58. The lowest BCUT2D eigenvalue weighted by molar-refractivity contribution is 0.0313. The van der Waals surface area contributed by atoms with Crippen LogP contribution >= 0.6 is 0 Å². The van der Waals surface area contributed by atoms with Crippen LogP contribution in [0, 0.1) is 0 Å². The van der Waals surface area contributed by atoms with Gasteiger partial charge in [0.2, 0.25) is 0 Å². The van der Waals surface area contributed by atoms with Crippen molar-refractivity contribution in [3.63, 3.8) is 0 Å². The van der Waals surface area contributed by atoms with E-state index < -0.39 is 5.60 Å². The molecule has 0 heterocycles. The van der Waals surface area contributed by atoms with E-state index in [1.165, 1.54) is 0 Å². The Labute approximate surface area is 85.2 Å². The molecule has 1 aromatic carbocycles. The zero-order valence-corrected chi connectivity index (χ0v) is 8.77. The number of hydrogen-bond acceptors (Lipinski definition) is 2. The molecule has 0 aliphatic carbocycles. The quantitative estimate of drug-likeness (QED) is 0.770. The predicted octanol–water partition coefficient (Wildman–Crippen LogP) is 2.06. The van der Waals surface area contributed by atoms with Crippen LogP contribution in [0.1, 0.15) is 32.3 Å². The molecule has 0 amide bonds. The van der Waals surface area contributed by atoms with Crippen molar-refractivity contribution in [1.82, 2.24) is 0 Å². The summed E-state index contributed by atoms with van der Waals surface area (Å²) in [7, 11) is 0. The Hall–Kier alpha value is -0.860. The molecule has 0 saturated heterocycles. The molecule has 78 valence electrons. The van der Waals surface area contributed by atoms with Crippen molar-refractivity contribution >= 4 is 0 Å². The Morgan fingerprint density at radius 2 is 1.86 bits per heavy atom. The van der Waals surface area contributed by atoms with Crippen LogP contribution in [-0.2, 0) is 5.60 Å². The van der Waals surface area contributed by atoms with Crippen molar-refractivity contribution in [1.29, 1.82) is 0 Å². The summed E-state index contributed by atoms with van der Waals surface area (Å²) in [5, 5.41) is 19.3. The molecule has 0 spiro atoms. The zero-order chi connectivity index (χ0) is 10.6. The maximum atomic E-state index is 10.1. The summed E-state index contributed by atoms with van der Waals surface area (Å²) in [4.78, 5) is 0. The summed E-state index contributed by atoms with van der Waals surface area (Å²) in [6.45, 7) is 3.52. The summed E-state index contributed by atoms with van der Waals surface area (Å²) >= 11 is 0. The summed E-state index contributed by atoms with van der Waals surface area (Å²) in [5.41, 5.74) is 0.0683. The van der Waals surface area contributed by atoms with Gasteiger partial charge in [0.1, 0.15) is 0 Å². The summed E-state index contributed by atoms with van der Waals surface area (Å²) in [5.74, 6) is 0. The van der Waals surface area contributed by atoms with Crippen molar-refractivity contribution in [3.05, 3.63) is 35.9 Å². The van der Waals surface area contributed by atoms with Gasteiger partial charge in [-0.15, -0.1) is 0 Å². The van der Waals surface area contributed by atoms with Crippen LogP contribution in [-0.4, -0.2) is 16.3 Å². The highest BCUT2D eigenvalue weighted by atomic mass is 16.3. The smallest absolute Gasteiger partial charge is 0.0869 e. The van der Waals surface area contributed by atoms with Crippen molar-refractivity contribution in [2.45, 2.75) is 38.4 Å². The normalized spacial score (nSPS) is 17.4. The fraction of sp³-hybridized carbons (Fsp3) is 0.500. The van der Waals surface area contributed by atoms with E-state index in [1.807, 2.05) is 30.3 Å². The molecule has 0 radical (unpaired) electrons. The van der Waals surface area contributed by atoms with Gasteiger partial charge in [0.25, 0.3) is 0 Å². The number of rotatable bonds is 4. The third kappa shape index (κ3) is 3.13. The molecular weight excluding hydrogens is 176 g/mol. The molecule has 0 saturated carbocycles. The van der Waals surface area contributed by atoms with Crippen molar-refractivity contribution in [3.8, 4) is 0 Å². The minimum Gasteiger partial charge on any atom is -0.393 e. The van der Waals surface area contributed by atoms with Crippen LogP contribution in [0.15, 0.2) is 30.3 Å². The Kier molecular flexibility index (Phi) is 3.67. The van der Waals surface area contributed by atoms with E-state index in [0.29, 0.717) is 12.8 Å². The molecule has 0 bridgehead atoms. The molecule has 2 nitrogen and oxygen atoms in total. The number of benzene rings is 1. The highest BCUT2D eigenvalue weighted by Crippen LogP contribution is 2.25. The molecule has 2 N–H and O–H groups in total. The molecule has 1 aromatic rings.